The van der Waals surface area contributed by atoms with E-state index in [-0.39, 0.29) is 17.7 Å². The standard InChI is InChI=1S/C29H24N2O4S/c1-18-14-23(19(2)31(18)24-12-7-10-21(15-24)28(33)35-3)16-26-27(32)30(29(34)36-26)17-22-11-6-9-20-8-4-5-13-25(20)22/h4-16H,17H2,1-3H3/b26-16+. The number of aryl methyl sites for hydroxylation is 1. The second kappa shape index (κ2) is 9.51. The van der Waals surface area contributed by atoms with E-state index < -0.39 is 5.97 Å². The van der Waals surface area contributed by atoms with Crippen LogP contribution < -0.4 is 0 Å². The molecule has 3 aromatic carbocycles. The van der Waals surface area contributed by atoms with Gasteiger partial charge in [0, 0.05) is 17.1 Å². The number of ether oxygens (including phenoxy) is 1. The SMILES string of the molecule is COC(=O)c1cccc(-n2c(C)cc(/C=C3/SC(=O)N(Cc4cccc5ccccc45)C3=O)c2C)c1. The number of methoxy groups -OCH3 is 1. The number of hydrogen-bond acceptors (Lipinski definition) is 5. The van der Waals surface area contributed by atoms with E-state index in [0.29, 0.717) is 10.5 Å². The van der Waals surface area contributed by atoms with Crippen LogP contribution in [-0.4, -0.2) is 33.7 Å². The molecule has 0 aliphatic carbocycles. The number of carbonyl (C=O) groups excluding carboxylic acids is 3. The molecule has 2 amide bonds. The molecule has 0 radical (unpaired) electrons. The number of thioether (sulfide) groups is 1. The lowest BCUT2D eigenvalue weighted by molar-refractivity contribution is -0.123. The molecule has 4 aromatic rings. The van der Waals surface area contributed by atoms with Crippen LogP contribution in [0.15, 0.2) is 77.7 Å². The Morgan fingerprint density at radius 2 is 1.72 bits per heavy atom. The van der Waals surface area contributed by atoms with Crippen LogP contribution in [0.4, 0.5) is 4.79 Å². The fourth-order valence-electron chi connectivity index (χ4n) is 4.60. The van der Waals surface area contributed by atoms with Crippen LogP contribution in [-0.2, 0) is 16.1 Å². The van der Waals surface area contributed by atoms with Crippen molar-refractivity contribution in [1.29, 1.82) is 0 Å². The van der Waals surface area contributed by atoms with Crippen LogP contribution in [0.2, 0.25) is 0 Å². The summed E-state index contributed by atoms with van der Waals surface area (Å²) < 4.78 is 6.86. The summed E-state index contributed by atoms with van der Waals surface area (Å²) in [6.45, 7) is 4.13. The molecular formula is C29H24N2O4S. The first-order chi connectivity index (χ1) is 17.4. The number of benzene rings is 3. The fourth-order valence-corrected chi connectivity index (χ4v) is 5.43. The van der Waals surface area contributed by atoms with Crippen molar-refractivity contribution in [2.24, 2.45) is 0 Å². The van der Waals surface area contributed by atoms with Crippen LogP contribution in [0.3, 0.4) is 0 Å². The summed E-state index contributed by atoms with van der Waals surface area (Å²) in [5.41, 5.74) is 4.88. The van der Waals surface area contributed by atoms with Crippen molar-refractivity contribution < 1.29 is 19.1 Å². The minimum absolute atomic E-state index is 0.225. The van der Waals surface area contributed by atoms with Gasteiger partial charge in [0.05, 0.1) is 24.1 Å². The molecular weight excluding hydrogens is 472 g/mol. The highest BCUT2D eigenvalue weighted by Crippen LogP contribution is 2.35. The van der Waals surface area contributed by atoms with Crippen molar-refractivity contribution in [3.05, 3.63) is 106 Å². The van der Waals surface area contributed by atoms with Gasteiger partial charge in [-0.25, -0.2) is 4.79 Å². The minimum atomic E-state index is -0.403. The smallest absolute Gasteiger partial charge is 0.337 e. The molecule has 6 nitrogen and oxygen atoms in total. The Morgan fingerprint density at radius 1 is 0.972 bits per heavy atom. The van der Waals surface area contributed by atoms with Crippen molar-refractivity contribution in [3.8, 4) is 5.69 Å². The Morgan fingerprint density at radius 3 is 2.53 bits per heavy atom. The van der Waals surface area contributed by atoms with Crippen molar-refractivity contribution in [2.45, 2.75) is 20.4 Å². The van der Waals surface area contributed by atoms with Crippen LogP contribution in [0.25, 0.3) is 22.5 Å². The molecule has 0 spiro atoms. The molecule has 5 rings (SSSR count). The maximum Gasteiger partial charge on any atom is 0.337 e. The van der Waals surface area contributed by atoms with Crippen LogP contribution >= 0.6 is 11.8 Å². The molecule has 0 unspecified atom stereocenters. The summed E-state index contributed by atoms with van der Waals surface area (Å²) in [5.74, 6) is -0.699. The first-order valence-electron chi connectivity index (χ1n) is 11.5. The number of aromatic nitrogens is 1. The van der Waals surface area contributed by atoms with E-state index in [4.69, 9.17) is 4.74 Å². The zero-order chi connectivity index (χ0) is 25.4. The first kappa shape index (κ1) is 23.6. The highest BCUT2D eigenvalue weighted by Gasteiger charge is 2.35. The van der Waals surface area contributed by atoms with Gasteiger partial charge in [-0.3, -0.25) is 14.5 Å². The molecule has 0 N–H and O–H groups in total. The Hall–Kier alpha value is -4.10. The predicted octanol–water partition coefficient (Wildman–Crippen LogP) is 6.27. The van der Waals surface area contributed by atoms with Gasteiger partial charge in [-0.2, -0.15) is 0 Å². The molecule has 1 saturated heterocycles. The number of esters is 1. The van der Waals surface area contributed by atoms with E-state index in [0.717, 1.165) is 50.7 Å². The molecule has 1 aliphatic rings. The summed E-state index contributed by atoms with van der Waals surface area (Å²) in [7, 11) is 1.35. The Balaban J connectivity index is 1.45. The van der Waals surface area contributed by atoms with Gasteiger partial charge >= 0.3 is 5.97 Å². The van der Waals surface area contributed by atoms with E-state index >= 15 is 0 Å². The summed E-state index contributed by atoms with van der Waals surface area (Å²) in [6, 6.07) is 23.0. The van der Waals surface area contributed by atoms with Gasteiger partial charge in [0.15, 0.2) is 0 Å². The molecule has 0 bridgehead atoms. The summed E-state index contributed by atoms with van der Waals surface area (Å²) in [5, 5.41) is 1.82. The van der Waals surface area contributed by atoms with Gasteiger partial charge in [-0.1, -0.05) is 48.5 Å². The van der Waals surface area contributed by atoms with Gasteiger partial charge < -0.3 is 9.30 Å². The first-order valence-corrected chi connectivity index (χ1v) is 12.3. The van der Waals surface area contributed by atoms with Gasteiger partial charge in [0.25, 0.3) is 11.1 Å². The number of rotatable bonds is 5. The third kappa shape index (κ3) is 4.22. The Kier molecular flexibility index (Phi) is 6.24. The molecule has 36 heavy (non-hydrogen) atoms. The molecule has 180 valence electrons. The second-order valence-electron chi connectivity index (χ2n) is 8.61. The molecule has 2 heterocycles. The molecule has 0 saturated carbocycles. The number of nitrogens with zero attached hydrogens (tertiary/aromatic N) is 2. The minimum Gasteiger partial charge on any atom is -0.465 e. The average molecular weight is 497 g/mol. The number of carbonyl (C=O) groups is 3. The third-order valence-corrected chi connectivity index (χ3v) is 7.27. The summed E-state index contributed by atoms with van der Waals surface area (Å²) in [4.78, 5) is 39.7. The van der Waals surface area contributed by atoms with Gasteiger partial charge in [0.1, 0.15) is 0 Å². The molecule has 1 fully saturated rings. The van der Waals surface area contributed by atoms with Crippen molar-refractivity contribution in [1.82, 2.24) is 9.47 Å². The average Bonchev–Trinajstić information content (AvgIpc) is 3.32. The predicted molar refractivity (Wildman–Crippen MR) is 142 cm³/mol. The third-order valence-electron chi connectivity index (χ3n) is 6.36. The lowest BCUT2D eigenvalue weighted by Gasteiger charge is -2.14. The van der Waals surface area contributed by atoms with Crippen molar-refractivity contribution >= 4 is 45.7 Å². The quantitative estimate of drug-likeness (QED) is 0.241. The number of hydrogen-bond donors (Lipinski definition) is 0. The molecule has 7 heteroatoms. The molecule has 1 aromatic heterocycles. The number of fused-ring (bicyclic) bond motifs is 1. The van der Waals surface area contributed by atoms with Gasteiger partial charge in [-0.15, -0.1) is 0 Å². The normalized spacial score (nSPS) is 14.8. The largest absolute Gasteiger partial charge is 0.465 e. The maximum atomic E-state index is 13.2. The topological polar surface area (TPSA) is 68.6 Å². The lowest BCUT2D eigenvalue weighted by atomic mass is 10.0. The number of amides is 2. The highest BCUT2D eigenvalue weighted by atomic mass is 32.2. The van der Waals surface area contributed by atoms with Crippen LogP contribution in [0, 0.1) is 13.8 Å². The highest BCUT2D eigenvalue weighted by molar-refractivity contribution is 8.18. The monoisotopic (exact) mass is 496 g/mol. The Labute approximate surface area is 213 Å². The van der Waals surface area contributed by atoms with Gasteiger partial charge in [0.2, 0.25) is 0 Å². The fraction of sp³-hybridized carbons (Fsp3) is 0.138. The zero-order valence-electron chi connectivity index (χ0n) is 20.1. The number of imide groups is 1. The van der Waals surface area contributed by atoms with E-state index in [9.17, 15) is 14.4 Å². The summed E-state index contributed by atoms with van der Waals surface area (Å²) in [6.07, 6.45) is 1.77. The van der Waals surface area contributed by atoms with E-state index in [2.05, 4.69) is 0 Å². The van der Waals surface area contributed by atoms with E-state index in [1.807, 2.05) is 73.0 Å². The Bertz CT molecular complexity index is 1560. The second-order valence-corrected chi connectivity index (χ2v) is 9.60. The molecule has 1 aliphatic heterocycles. The zero-order valence-corrected chi connectivity index (χ0v) is 21.0. The van der Waals surface area contributed by atoms with E-state index in [1.54, 1.807) is 24.3 Å². The summed E-state index contributed by atoms with van der Waals surface area (Å²) >= 11 is 0.958. The van der Waals surface area contributed by atoms with Crippen LogP contribution in [0.5, 0.6) is 0 Å². The van der Waals surface area contributed by atoms with Crippen LogP contribution in [0.1, 0.15) is 32.9 Å². The van der Waals surface area contributed by atoms with Gasteiger partial charge in [-0.05, 0) is 77.9 Å². The molecule has 0 atom stereocenters. The van der Waals surface area contributed by atoms with Crippen molar-refractivity contribution in [3.63, 3.8) is 0 Å². The maximum absolute atomic E-state index is 13.2. The van der Waals surface area contributed by atoms with Crippen molar-refractivity contribution in [2.75, 3.05) is 7.11 Å². The lowest BCUT2D eigenvalue weighted by Crippen LogP contribution is -2.27. The van der Waals surface area contributed by atoms with E-state index in [1.165, 1.54) is 12.0 Å².